The average Bonchev–Trinajstić information content (AvgIpc) is 2.89. The van der Waals surface area contributed by atoms with E-state index in [1.807, 2.05) is 19.9 Å². The summed E-state index contributed by atoms with van der Waals surface area (Å²) in [7, 11) is 0. The molecule has 4 heterocycles. The van der Waals surface area contributed by atoms with E-state index in [2.05, 4.69) is 15.1 Å². The van der Waals surface area contributed by atoms with Crippen molar-refractivity contribution in [1.82, 2.24) is 19.6 Å². The van der Waals surface area contributed by atoms with Crippen LogP contribution in [0.1, 0.15) is 23.0 Å². The normalized spacial score (nSPS) is 17.0. The van der Waals surface area contributed by atoms with Crippen molar-refractivity contribution in [3.63, 3.8) is 0 Å². The number of hydrogen-bond donors (Lipinski definition) is 0. The fraction of sp³-hybridized carbons (Fsp3) is 0.250. The second kappa shape index (κ2) is 5.05. The van der Waals surface area contributed by atoms with Crippen molar-refractivity contribution in [2.24, 2.45) is 0 Å². The first-order valence-corrected chi connectivity index (χ1v) is 7.38. The van der Waals surface area contributed by atoms with Gasteiger partial charge in [-0.05, 0) is 32.0 Å². The number of rotatable bonds is 1. The number of pyridine rings is 1. The minimum absolute atomic E-state index is 0.128. The zero-order chi connectivity index (χ0) is 16.0. The minimum Gasteiger partial charge on any atom is -0.471 e. The fourth-order valence-electron chi connectivity index (χ4n) is 2.84. The molecule has 0 saturated carbocycles. The van der Waals surface area contributed by atoms with Gasteiger partial charge in [0, 0.05) is 18.6 Å². The van der Waals surface area contributed by atoms with Crippen LogP contribution < -0.4 is 9.64 Å². The van der Waals surface area contributed by atoms with E-state index in [1.165, 1.54) is 0 Å². The zero-order valence-electron chi connectivity index (χ0n) is 12.8. The number of carbonyl (C=O) groups excluding carboxylic acids is 1. The number of aryl methyl sites for hydroxylation is 1. The van der Waals surface area contributed by atoms with Crippen LogP contribution in [0.5, 0.6) is 5.88 Å². The molecule has 0 spiro atoms. The minimum atomic E-state index is -0.138. The van der Waals surface area contributed by atoms with Gasteiger partial charge in [-0.2, -0.15) is 5.10 Å². The van der Waals surface area contributed by atoms with Gasteiger partial charge in [-0.3, -0.25) is 9.69 Å². The standard InChI is InChI=1S/C16H15N5O2/c1-10-9-20(12-5-3-6-18-15(12)23-10)16(22)13-11(2)19-21-8-4-7-17-14(13)21/h3-8,10H,9H2,1-2H3. The predicted molar refractivity (Wildman–Crippen MR) is 83.7 cm³/mol. The number of amides is 1. The highest BCUT2D eigenvalue weighted by Gasteiger charge is 2.32. The number of fused-ring (bicyclic) bond motifs is 2. The molecule has 3 aromatic rings. The molecule has 0 bridgehead atoms. The monoisotopic (exact) mass is 309 g/mol. The number of carbonyl (C=O) groups is 1. The molecule has 7 heteroatoms. The molecule has 1 amide bonds. The molecule has 1 aliphatic heterocycles. The van der Waals surface area contributed by atoms with Crippen molar-refractivity contribution < 1.29 is 9.53 Å². The van der Waals surface area contributed by atoms with E-state index in [4.69, 9.17) is 4.74 Å². The van der Waals surface area contributed by atoms with E-state index in [-0.39, 0.29) is 12.0 Å². The van der Waals surface area contributed by atoms with Gasteiger partial charge in [0.25, 0.3) is 5.91 Å². The van der Waals surface area contributed by atoms with Gasteiger partial charge < -0.3 is 4.74 Å². The second-order valence-electron chi connectivity index (χ2n) is 5.52. The van der Waals surface area contributed by atoms with Crippen molar-refractivity contribution in [1.29, 1.82) is 0 Å². The van der Waals surface area contributed by atoms with Gasteiger partial charge in [-0.15, -0.1) is 0 Å². The van der Waals surface area contributed by atoms with E-state index >= 15 is 0 Å². The lowest BCUT2D eigenvalue weighted by Gasteiger charge is -2.32. The molecule has 0 aromatic carbocycles. The maximum Gasteiger partial charge on any atom is 0.264 e. The van der Waals surface area contributed by atoms with Crippen LogP contribution in [0.15, 0.2) is 36.8 Å². The summed E-state index contributed by atoms with van der Waals surface area (Å²) >= 11 is 0. The SMILES string of the molecule is Cc1nn2cccnc2c1C(=O)N1CC(C)Oc2ncccc21. The van der Waals surface area contributed by atoms with E-state index in [0.29, 0.717) is 35.0 Å². The zero-order valence-corrected chi connectivity index (χ0v) is 12.8. The van der Waals surface area contributed by atoms with Crippen LogP contribution in [0.2, 0.25) is 0 Å². The van der Waals surface area contributed by atoms with Crippen molar-refractivity contribution in [2.75, 3.05) is 11.4 Å². The summed E-state index contributed by atoms with van der Waals surface area (Å²) in [6.07, 6.45) is 4.96. The fourth-order valence-corrected chi connectivity index (χ4v) is 2.84. The van der Waals surface area contributed by atoms with Gasteiger partial charge in [0.2, 0.25) is 5.88 Å². The lowest BCUT2D eigenvalue weighted by molar-refractivity contribution is 0.0959. The van der Waals surface area contributed by atoms with Gasteiger partial charge in [0.15, 0.2) is 5.65 Å². The Kier molecular flexibility index (Phi) is 3.00. The summed E-state index contributed by atoms with van der Waals surface area (Å²) < 4.78 is 7.33. The molecule has 4 rings (SSSR count). The van der Waals surface area contributed by atoms with Gasteiger partial charge in [0.1, 0.15) is 17.4 Å². The molecule has 1 aliphatic rings. The molecule has 116 valence electrons. The molecule has 0 aliphatic carbocycles. The third-order valence-corrected chi connectivity index (χ3v) is 3.82. The third kappa shape index (κ3) is 2.12. The molecule has 0 fully saturated rings. The van der Waals surface area contributed by atoms with E-state index in [1.54, 1.807) is 40.1 Å². The summed E-state index contributed by atoms with van der Waals surface area (Å²) in [6, 6.07) is 5.41. The highest BCUT2D eigenvalue weighted by Crippen LogP contribution is 2.32. The molecular formula is C16H15N5O2. The van der Waals surface area contributed by atoms with Crippen LogP contribution in [-0.2, 0) is 0 Å². The summed E-state index contributed by atoms with van der Waals surface area (Å²) in [4.78, 5) is 23.4. The Balaban J connectivity index is 1.84. The van der Waals surface area contributed by atoms with E-state index in [9.17, 15) is 4.79 Å². The maximum atomic E-state index is 13.2. The molecule has 7 nitrogen and oxygen atoms in total. The molecule has 23 heavy (non-hydrogen) atoms. The van der Waals surface area contributed by atoms with Crippen LogP contribution in [-0.4, -0.2) is 38.1 Å². The Labute approximate surface area is 132 Å². The topological polar surface area (TPSA) is 72.6 Å². The number of anilines is 1. The number of ether oxygens (including phenoxy) is 1. The smallest absolute Gasteiger partial charge is 0.264 e. The summed E-state index contributed by atoms with van der Waals surface area (Å²) in [5.74, 6) is 0.335. The van der Waals surface area contributed by atoms with E-state index in [0.717, 1.165) is 0 Å². The van der Waals surface area contributed by atoms with Crippen LogP contribution in [0.25, 0.3) is 5.65 Å². The highest BCUT2D eigenvalue weighted by molar-refractivity contribution is 6.11. The quantitative estimate of drug-likeness (QED) is 0.686. The maximum absolute atomic E-state index is 13.2. The van der Waals surface area contributed by atoms with Gasteiger partial charge in [-0.25, -0.2) is 14.5 Å². The molecule has 3 aromatic heterocycles. The Hall–Kier alpha value is -2.96. The Bertz CT molecular complexity index is 904. The lowest BCUT2D eigenvalue weighted by atomic mass is 10.1. The number of nitrogens with zero attached hydrogens (tertiary/aromatic N) is 5. The first kappa shape index (κ1) is 13.7. The molecule has 0 N–H and O–H groups in total. The first-order chi connectivity index (χ1) is 11.1. The molecule has 0 saturated heterocycles. The Morgan fingerprint density at radius 3 is 3.00 bits per heavy atom. The molecule has 0 radical (unpaired) electrons. The van der Waals surface area contributed by atoms with Crippen LogP contribution in [0.4, 0.5) is 5.69 Å². The average molecular weight is 309 g/mol. The highest BCUT2D eigenvalue weighted by atomic mass is 16.5. The molecular weight excluding hydrogens is 294 g/mol. The first-order valence-electron chi connectivity index (χ1n) is 7.38. The van der Waals surface area contributed by atoms with Crippen molar-refractivity contribution >= 4 is 17.2 Å². The Morgan fingerprint density at radius 2 is 2.13 bits per heavy atom. The van der Waals surface area contributed by atoms with Gasteiger partial charge in [0.05, 0.1) is 12.2 Å². The van der Waals surface area contributed by atoms with Crippen molar-refractivity contribution in [3.05, 3.63) is 48.0 Å². The third-order valence-electron chi connectivity index (χ3n) is 3.82. The van der Waals surface area contributed by atoms with Gasteiger partial charge >= 0.3 is 0 Å². The Morgan fingerprint density at radius 1 is 1.30 bits per heavy atom. The van der Waals surface area contributed by atoms with Crippen LogP contribution >= 0.6 is 0 Å². The summed E-state index contributed by atoms with van der Waals surface area (Å²) in [6.45, 7) is 4.19. The van der Waals surface area contributed by atoms with Crippen molar-refractivity contribution in [3.8, 4) is 5.88 Å². The molecule has 1 atom stereocenters. The number of aromatic nitrogens is 4. The van der Waals surface area contributed by atoms with E-state index < -0.39 is 0 Å². The predicted octanol–water partition coefficient (Wildman–Crippen LogP) is 1.86. The largest absolute Gasteiger partial charge is 0.471 e. The lowest BCUT2D eigenvalue weighted by Crippen LogP contribution is -2.42. The molecule has 1 unspecified atom stereocenters. The summed E-state index contributed by atoms with van der Waals surface area (Å²) in [5, 5.41) is 4.36. The summed E-state index contributed by atoms with van der Waals surface area (Å²) in [5.41, 5.74) is 2.39. The van der Waals surface area contributed by atoms with Gasteiger partial charge in [-0.1, -0.05) is 0 Å². The van der Waals surface area contributed by atoms with Crippen LogP contribution in [0.3, 0.4) is 0 Å². The van der Waals surface area contributed by atoms with Crippen LogP contribution in [0, 0.1) is 6.92 Å². The van der Waals surface area contributed by atoms with Crippen molar-refractivity contribution in [2.45, 2.75) is 20.0 Å². The second-order valence-corrected chi connectivity index (χ2v) is 5.52. The number of hydrogen-bond acceptors (Lipinski definition) is 5.